The normalized spacial score (nSPS) is 12.5. The summed E-state index contributed by atoms with van der Waals surface area (Å²) < 4.78 is 1.87. The van der Waals surface area contributed by atoms with Crippen LogP contribution in [-0.2, 0) is 7.05 Å². The minimum Gasteiger partial charge on any atom is -0.271 e. The van der Waals surface area contributed by atoms with Crippen molar-refractivity contribution in [3.63, 3.8) is 0 Å². The van der Waals surface area contributed by atoms with Crippen LogP contribution >= 0.6 is 0 Å². The van der Waals surface area contributed by atoms with Crippen molar-refractivity contribution in [1.82, 2.24) is 15.2 Å². The topological polar surface area (TPSA) is 55.9 Å². The van der Waals surface area contributed by atoms with Crippen LogP contribution in [0.5, 0.6) is 0 Å². The lowest BCUT2D eigenvalue weighted by Crippen LogP contribution is -2.28. The summed E-state index contributed by atoms with van der Waals surface area (Å²) in [6, 6.07) is 8.10. The third kappa shape index (κ3) is 2.16. The Kier molecular flexibility index (Phi) is 3.43. The minimum atomic E-state index is -0.00264. The third-order valence-corrected chi connectivity index (χ3v) is 2.89. The molecular formula is C13H16N4. The van der Waals surface area contributed by atoms with Gasteiger partial charge in [-0.2, -0.15) is 5.10 Å². The second-order valence-corrected chi connectivity index (χ2v) is 3.99. The Bertz CT molecular complexity index is 550. The summed E-state index contributed by atoms with van der Waals surface area (Å²) in [5.41, 5.74) is 4.85. The van der Waals surface area contributed by atoms with Gasteiger partial charge in [-0.25, -0.2) is 0 Å². The Labute approximate surface area is 101 Å². The van der Waals surface area contributed by atoms with Gasteiger partial charge in [-0.15, -0.1) is 12.3 Å². The molecule has 88 valence electrons. The first kappa shape index (κ1) is 11.6. The average molecular weight is 228 g/mol. The summed E-state index contributed by atoms with van der Waals surface area (Å²) in [4.78, 5) is 0. The van der Waals surface area contributed by atoms with Crippen molar-refractivity contribution in [2.75, 3.05) is 0 Å². The van der Waals surface area contributed by atoms with Crippen LogP contribution in [0.1, 0.15) is 24.6 Å². The summed E-state index contributed by atoms with van der Waals surface area (Å²) >= 11 is 0. The molecule has 0 bridgehead atoms. The van der Waals surface area contributed by atoms with Crippen molar-refractivity contribution in [1.29, 1.82) is 0 Å². The Hall–Kier alpha value is -1.83. The number of aromatic nitrogens is 2. The number of hydrogen-bond donors (Lipinski definition) is 2. The number of nitrogens with zero attached hydrogens (tertiary/aromatic N) is 2. The molecule has 0 saturated heterocycles. The van der Waals surface area contributed by atoms with Gasteiger partial charge in [-0.05, 0) is 12.5 Å². The van der Waals surface area contributed by atoms with Crippen LogP contribution in [-0.4, -0.2) is 9.78 Å². The molecule has 0 aliphatic rings. The number of fused-ring (bicyclic) bond motifs is 1. The molecule has 1 heterocycles. The molecule has 1 atom stereocenters. The van der Waals surface area contributed by atoms with Gasteiger partial charge in [-0.3, -0.25) is 16.0 Å². The minimum absolute atomic E-state index is 0.00264. The van der Waals surface area contributed by atoms with Crippen molar-refractivity contribution in [3.8, 4) is 12.3 Å². The number of nitrogens with two attached hydrogens (primary N) is 1. The maximum absolute atomic E-state index is 5.58. The van der Waals surface area contributed by atoms with E-state index >= 15 is 0 Å². The van der Waals surface area contributed by atoms with Gasteiger partial charge in [0.25, 0.3) is 0 Å². The molecule has 0 amide bonds. The lowest BCUT2D eigenvalue weighted by atomic mass is 10.1. The van der Waals surface area contributed by atoms with Crippen LogP contribution in [0.4, 0.5) is 0 Å². The van der Waals surface area contributed by atoms with Gasteiger partial charge in [0.2, 0.25) is 0 Å². The van der Waals surface area contributed by atoms with E-state index in [0.29, 0.717) is 6.42 Å². The molecule has 2 rings (SSSR count). The van der Waals surface area contributed by atoms with Crippen molar-refractivity contribution in [3.05, 3.63) is 30.0 Å². The number of benzene rings is 1. The Morgan fingerprint density at radius 1 is 1.53 bits per heavy atom. The quantitative estimate of drug-likeness (QED) is 0.473. The fourth-order valence-corrected chi connectivity index (χ4v) is 2.03. The first-order chi connectivity index (χ1) is 8.27. The Morgan fingerprint density at radius 2 is 2.29 bits per heavy atom. The molecule has 3 N–H and O–H groups in total. The zero-order valence-corrected chi connectivity index (χ0v) is 9.85. The predicted octanol–water partition coefficient (Wildman–Crippen LogP) is 1.49. The fraction of sp³-hybridized carbons (Fsp3) is 0.308. The van der Waals surface area contributed by atoms with Crippen LogP contribution in [0.2, 0.25) is 0 Å². The van der Waals surface area contributed by atoms with Crippen molar-refractivity contribution in [2.24, 2.45) is 12.9 Å². The van der Waals surface area contributed by atoms with E-state index in [1.807, 2.05) is 29.9 Å². The number of nitrogens with one attached hydrogen (secondary N) is 1. The monoisotopic (exact) mass is 228 g/mol. The van der Waals surface area contributed by atoms with Gasteiger partial charge in [0.15, 0.2) is 0 Å². The van der Waals surface area contributed by atoms with Crippen LogP contribution in [0, 0.1) is 12.3 Å². The standard InChI is InChI=1S/C13H16N4/c1-3-4-8-11(15-14)13-10-7-5-6-9-12(10)17(2)16-13/h1,5-7,9,11,15H,4,8,14H2,2H3. The summed E-state index contributed by atoms with van der Waals surface area (Å²) in [5.74, 6) is 8.20. The first-order valence-electron chi connectivity index (χ1n) is 5.59. The van der Waals surface area contributed by atoms with E-state index < -0.39 is 0 Å². The number of terminal acetylenes is 1. The summed E-state index contributed by atoms with van der Waals surface area (Å²) in [6.07, 6.45) is 6.75. The molecule has 0 aliphatic carbocycles. The van der Waals surface area contributed by atoms with Gasteiger partial charge in [0, 0.05) is 18.9 Å². The lowest BCUT2D eigenvalue weighted by Gasteiger charge is -2.12. The predicted molar refractivity (Wildman–Crippen MR) is 68.8 cm³/mol. The van der Waals surface area contributed by atoms with E-state index in [-0.39, 0.29) is 6.04 Å². The molecule has 2 aromatic rings. The van der Waals surface area contributed by atoms with Crippen molar-refractivity contribution in [2.45, 2.75) is 18.9 Å². The molecule has 1 aromatic carbocycles. The molecule has 0 fully saturated rings. The molecule has 0 aliphatic heterocycles. The average Bonchev–Trinajstić information content (AvgIpc) is 2.69. The number of hydrogen-bond acceptors (Lipinski definition) is 3. The van der Waals surface area contributed by atoms with Crippen LogP contribution < -0.4 is 11.3 Å². The Morgan fingerprint density at radius 3 is 3.00 bits per heavy atom. The maximum Gasteiger partial charge on any atom is 0.0886 e. The molecular weight excluding hydrogens is 212 g/mol. The number of rotatable bonds is 4. The number of para-hydroxylation sites is 1. The number of hydrazine groups is 1. The van der Waals surface area contributed by atoms with Crippen molar-refractivity contribution >= 4 is 10.9 Å². The van der Waals surface area contributed by atoms with Gasteiger partial charge in [-0.1, -0.05) is 18.2 Å². The van der Waals surface area contributed by atoms with E-state index in [2.05, 4.69) is 22.5 Å². The van der Waals surface area contributed by atoms with Gasteiger partial charge in [0.05, 0.1) is 17.3 Å². The van der Waals surface area contributed by atoms with E-state index in [1.54, 1.807) is 0 Å². The van der Waals surface area contributed by atoms with E-state index in [0.717, 1.165) is 23.0 Å². The molecule has 4 nitrogen and oxygen atoms in total. The summed E-state index contributed by atoms with van der Waals surface area (Å²) in [6.45, 7) is 0. The second-order valence-electron chi connectivity index (χ2n) is 3.99. The fourth-order valence-electron chi connectivity index (χ4n) is 2.03. The van der Waals surface area contributed by atoms with Gasteiger partial charge < -0.3 is 0 Å². The second kappa shape index (κ2) is 5.00. The van der Waals surface area contributed by atoms with Gasteiger partial charge in [0.1, 0.15) is 0 Å². The highest BCUT2D eigenvalue weighted by Gasteiger charge is 2.16. The van der Waals surface area contributed by atoms with Crippen molar-refractivity contribution < 1.29 is 0 Å². The molecule has 4 heteroatoms. The molecule has 0 radical (unpaired) electrons. The van der Waals surface area contributed by atoms with Crippen LogP contribution in [0.3, 0.4) is 0 Å². The zero-order chi connectivity index (χ0) is 12.3. The van der Waals surface area contributed by atoms with Gasteiger partial charge >= 0.3 is 0 Å². The summed E-state index contributed by atoms with van der Waals surface area (Å²) in [7, 11) is 1.93. The first-order valence-corrected chi connectivity index (χ1v) is 5.59. The highest BCUT2D eigenvalue weighted by atomic mass is 15.3. The maximum atomic E-state index is 5.58. The van der Waals surface area contributed by atoms with Crippen LogP contribution in [0.15, 0.2) is 24.3 Å². The van der Waals surface area contributed by atoms with E-state index in [1.165, 1.54) is 0 Å². The van der Waals surface area contributed by atoms with Crippen LogP contribution in [0.25, 0.3) is 10.9 Å². The third-order valence-electron chi connectivity index (χ3n) is 2.89. The zero-order valence-electron chi connectivity index (χ0n) is 9.85. The molecule has 17 heavy (non-hydrogen) atoms. The highest BCUT2D eigenvalue weighted by Crippen LogP contribution is 2.25. The van der Waals surface area contributed by atoms with E-state index in [9.17, 15) is 0 Å². The highest BCUT2D eigenvalue weighted by molar-refractivity contribution is 5.82. The smallest absolute Gasteiger partial charge is 0.0886 e. The summed E-state index contributed by atoms with van der Waals surface area (Å²) in [5, 5.41) is 5.64. The lowest BCUT2D eigenvalue weighted by molar-refractivity contribution is 0.507. The SMILES string of the molecule is C#CCCC(NN)c1nn(C)c2ccccc12. The molecule has 0 saturated carbocycles. The molecule has 1 aromatic heterocycles. The molecule has 1 unspecified atom stereocenters. The largest absolute Gasteiger partial charge is 0.271 e. The molecule has 0 spiro atoms. The number of aryl methyl sites for hydroxylation is 1. The van der Waals surface area contributed by atoms with E-state index in [4.69, 9.17) is 12.3 Å². The Balaban J connectivity index is 2.43.